The molecule has 2 rings (SSSR count). The Kier molecular flexibility index (Phi) is 8.11. The molecule has 1 N–H and O–H groups in total. The number of aliphatic carboxylic acids is 1. The second-order valence-corrected chi connectivity index (χ2v) is 8.90. The highest BCUT2D eigenvalue weighted by atomic mass is 32.2. The molecule has 1 aliphatic rings. The lowest BCUT2D eigenvalue weighted by Crippen LogP contribution is -2.24. The van der Waals surface area contributed by atoms with Crippen molar-refractivity contribution in [3.8, 4) is 5.75 Å². The second-order valence-electron chi connectivity index (χ2n) is 6.73. The number of ether oxygens (including phenoxy) is 2. The molecule has 1 aromatic carbocycles. The third-order valence-corrected chi connectivity index (χ3v) is 6.34. The minimum atomic E-state index is -3.68. The third-order valence-electron chi connectivity index (χ3n) is 4.31. The van der Waals surface area contributed by atoms with Crippen molar-refractivity contribution in [3.63, 3.8) is 0 Å². The van der Waals surface area contributed by atoms with Gasteiger partial charge in [0.2, 0.25) is 0 Å². The highest BCUT2D eigenvalue weighted by Gasteiger charge is 2.30. The van der Waals surface area contributed by atoms with Gasteiger partial charge in [0.05, 0.1) is 35.5 Å². The van der Waals surface area contributed by atoms with Crippen molar-refractivity contribution in [2.75, 3.05) is 13.2 Å². The molecule has 1 aliphatic carbocycles. The fourth-order valence-corrected chi connectivity index (χ4v) is 4.46. The van der Waals surface area contributed by atoms with Crippen molar-refractivity contribution in [2.24, 2.45) is 0 Å². The van der Waals surface area contributed by atoms with Gasteiger partial charge in [-0.15, -0.1) is 0 Å². The molecule has 0 aliphatic heterocycles. The summed E-state index contributed by atoms with van der Waals surface area (Å²) >= 11 is 0. The number of benzene rings is 1. The van der Waals surface area contributed by atoms with Gasteiger partial charge in [0.1, 0.15) is 5.75 Å². The number of hydrogen-bond donors (Lipinski definition) is 1. The Labute approximate surface area is 166 Å². The molecule has 0 bridgehead atoms. The largest absolute Gasteiger partial charge is 0.498 e. The first-order valence-electron chi connectivity index (χ1n) is 9.59. The molecule has 0 saturated carbocycles. The van der Waals surface area contributed by atoms with Crippen molar-refractivity contribution in [1.82, 2.24) is 0 Å². The predicted octanol–water partition coefficient (Wildman–Crippen LogP) is 4.12. The minimum absolute atomic E-state index is 0.183. The Morgan fingerprint density at radius 2 is 1.82 bits per heavy atom. The number of sulfone groups is 1. The molecule has 0 heterocycles. The SMILES string of the molecule is CCCCOc1ccc(S(=O)(=O)C2C=C(CC(=O)O)C=C(OCCC)C2)cc1. The minimum Gasteiger partial charge on any atom is -0.498 e. The van der Waals surface area contributed by atoms with E-state index in [1.807, 2.05) is 6.92 Å². The van der Waals surface area contributed by atoms with E-state index in [9.17, 15) is 13.2 Å². The summed E-state index contributed by atoms with van der Waals surface area (Å²) in [5.74, 6) is 0.127. The van der Waals surface area contributed by atoms with E-state index in [1.54, 1.807) is 18.2 Å². The van der Waals surface area contributed by atoms with Gasteiger partial charge in [-0.1, -0.05) is 26.3 Å². The summed E-state index contributed by atoms with van der Waals surface area (Å²) in [5, 5.41) is 8.22. The van der Waals surface area contributed by atoms with Crippen LogP contribution >= 0.6 is 0 Å². The fourth-order valence-electron chi connectivity index (χ4n) is 2.86. The summed E-state index contributed by atoms with van der Waals surface area (Å²) in [6, 6.07) is 6.37. The molecule has 1 unspecified atom stereocenters. The Bertz CT molecular complexity index is 821. The van der Waals surface area contributed by atoms with E-state index in [2.05, 4.69) is 6.92 Å². The standard InChI is InChI=1S/C21H28O6S/c1-3-5-11-27-17-6-8-19(9-7-17)28(24,25)20-13-16(14-21(22)23)12-18(15-20)26-10-4-2/h6-9,12-13,20H,3-5,10-11,14-15H2,1-2H3,(H,22,23). The molecule has 6 nitrogen and oxygen atoms in total. The molecule has 0 radical (unpaired) electrons. The molecule has 154 valence electrons. The van der Waals surface area contributed by atoms with Crippen molar-refractivity contribution >= 4 is 15.8 Å². The van der Waals surface area contributed by atoms with E-state index in [0.717, 1.165) is 19.3 Å². The summed E-state index contributed by atoms with van der Waals surface area (Å²) < 4.78 is 37.4. The summed E-state index contributed by atoms with van der Waals surface area (Å²) in [5.41, 5.74) is 0.443. The van der Waals surface area contributed by atoms with Crippen LogP contribution in [0.25, 0.3) is 0 Å². The van der Waals surface area contributed by atoms with E-state index >= 15 is 0 Å². The highest BCUT2D eigenvalue weighted by molar-refractivity contribution is 7.92. The molecule has 0 fully saturated rings. The topological polar surface area (TPSA) is 89.9 Å². The summed E-state index contributed by atoms with van der Waals surface area (Å²) in [4.78, 5) is 11.3. The quantitative estimate of drug-likeness (QED) is 0.554. The van der Waals surface area contributed by atoms with E-state index in [4.69, 9.17) is 14.6 Å². The lowest BCUT2D eigenvalue weighted by Gasteiger charge is -2.22. The number of hydrogen-bond acceptors (Lipinski definition) is 5. The normalized spacial score (nSPS) is 16.9. The van der Waals surface area contributed by atoms with Crippen LogP contribution in [0.3, 0.4) is 0 Å². The van der Waals surface area contributed by atoms with Crippen molar-refractivity contribution < 1.29 is 27.8 Å². The first-order valence-corrected chi connectivity index (χ1v) is 11.1. The van der Waals surface area contributed by atoms with Crippen LogP contribution in [0, 0.1) is 0 Å². The van der Waals surface area contributed by atoms with Crippen LogP contribution in [0.2, 0.25) is 0 Å². The van der Waals surface area contributed by atoms with Crippen molar-refractivity contribution in [1.29, 1.82) is 0 Å². The Morgan fingerprint density at radius 3 is 2.43 bits per heavy atom. The van der Waals surface area contributed by atoms with Crippen LogP contribution in [-0.4, -0.2) is 38.0 Å². The predicted molar refractivity (Wildman–Crippen MR) is 107 cm³/mol. The zero-order valence-corrected chi connectivity index (χ0v) is 17.2. The number of carboxylic acids is 1. The van der Waals surface area contributed by atoms with Crippen LogP contribution in [0.5, 0.6) is 5.75 Å². The fraction of sp³-hybridized carbons (Fsp3) is 0.476. The first-order chi connectivity index (χ1) is 13.4. The molecular formula is C21H28O6S. The monoisotopic (exact) mass is 408 g/mol. The van der Waals surface area contributed by atoms with Gasteiger partial charge in [-0.3, -0.25) is 4.79 Å². The smallest absolute Gasteiger partial charge is 0.307 e. The number of carbonyl (C=O) groups is 1. The average molecular weight is 409 g/mol. The maximum atomic E-state index is 13.1. The van der Waals surface area contributed by atoms with E-state index in [-0.39, 0.29) is 17.7 Å². The molecule has 0 amide bonds. The van der Waals surface area contributed by atoms with Gasteiger partial charge in [0, 0.05) is 6.42 Å². The maximum Gasteiger partial charge on any atom is 0.307 e. The summed E-state index contributed by atoms with van der Waals surface area (Å²) in [7, 11) is -3.68. The molecule has 1 aromatic rings. The number of allylic oxidation sites excluding steroid dienone is 2. The van der Waals surface area contributed by atoms with Gasteiger partial charge in [-0.2, -0.15) is 0 Å². The van der Waals surface area contributed by atoms with Gasteiger partial charge in [0.25, 0.3) is 0 Å². The lowest BCUT2D eigenvalue weighted by molar-refractivity contribution is -0.136. The number of rotatable bonds is 11. The molecule has 1 atom stereocenters. The van der Waals surface area contributed by atoms with Gasteiger partial charge < -0.3 is 14.6 Å². The highest BCUT2D eigenvalue weighted by Crippen LogP contribution is 2.30. The Balaban J connectivity index is 2.21. The molecule has 0 spiro atoms. The van der Waals surface area contributed by atoms with Crippen LogP contribution in [0.4, 0.5) is 0 Å². The summed E-state index contributed by atoms with van der Waals surface area (Å²) in [6.45, 7) is 5.08. The van der Waals surface area contributed by atoms with Gasteiger partial charge in [-0.05, 0) is 48.8 Å². The third kappa shape index (κ3) is 6.12. The van der Waals surface area contributed by atoms with Gasteiger partial charge in [0.15, 0.2) is 9.84 Å². The van der Waals surface area contributed by atoms with Crippen molar-refractivity contribution in [2.45, 2.75) is 56.1 Å². The van der Waals surface area contributed by atoms with E-state index < -0.39 is 21.1 Å². The van der Waals surface area contributed by atoms with Crippen LogP contribution in [0.1, 0.15) is 46.0 Å². The summed E-state index contributed by atoms with van der Waals surface area (Å²) in [6.07, 6.45) is 5.86. The van der Waals surface area contributed by atoms with Crippen LogP contribution < -0.4 is 4.74 Å². The van der Waals surface area contributed by atoms with Crippen LogP contribution in [-0.2, 0) is 19.4 Å². The number of unbranched alkanes of at least 4 members (excludes halogenated alkanes) is 1. The zero-order chi connectivity index (χ0) is 20.6. The van der Waals surface area contributed by atoms with Crippen molar-refractivity contribution in [3.05, 3.63) is 47.7 Å². The first kappa shape index (κ1) is 22.0. The second kappa shape index (κ2) is 10.3. The molecule has 0 saturated heterocycles. The Hall–Kier alpha value is -2.28. The Morgan fingerprint density at radius 1 is 1.11 bits per heavy atom. The molecule has 28 heavy (non-hydrogen) atoms. The zero-order valence-electron chi connectivity index (χ0n) is 16.4. The maximum absolute atomic E-state index is 13.1. The van der Waals surface area contributed by atoms with Gasteiger partial charge >= 0.3 is 5.97 Å². The molecule has 0 aromatic heterocycles. The molecular weight excluding hydrogens is 380 g/mol. The van der Waals surface area contributed by atoms with Gasteiger partial charge in [-0.25, -0.2) is 8.42 Å². The van der Waals surface area contributed by atoms with E-state index in [1.165, 1.54) is 18.2 Å². The van der Waals surface area contributed by atoms with Crippen LogP contribution in [0.15, 0.2) is 52.6 Å². The number of carboxylic acid groups (broad SMARTS) is 1. The lowest BCUT2D eigenvalue weighted by atomic mass is 10.0. The average Bonchev–Trinajstić information content (AvgIpc) is 2.66. The van der Waals surface area contributed by atoms with E-state index in [0.29, 0.717) is 30.3 Å². The molecule has 7 heteroatoms.